The number of aliphatic hydroxyl groups is 2. The van der Waals surface area contributed by atoms with Gasteiger partial charge in [0.25, 0.3) is 0 Å². The van der Waals surface area contributed by atoms with Gasteiger partial charge in [-0.3, -0.25) is 4.79 Å². The molecule has 0 unspecified atom stereocenters. The molecule has 5 rings (SSSR count). The van der Waals surface area contributed by atoms with Gasteiger partial charge in [0.2, 0.25) is 11.8 Å². The third-order valence-electron chi connectivity index (χ3n) is 8.01. The lowest BCUT2D eigenvalue weighted by atomic mass is 9.73. The van der Waals surface area contributed by atoms with E-state index in [0.29, 0.717) is 12.3 Å². The van der Waals surface area contributed by atoms with Crippen molar-refractivity contribution >= 4 is 17.2 Å². The fourth-order valence-electron chi connectivity index (χ4n) is 5.79. The molecule has 41 heavy (non-hydrogen) atoms. The minimum atomic E-state index is -1.17. The van der Waals surface area contributed by atoms with Gasteiger partial charge in [0.1, 0.15) is 16.7 Å². The smallest absolute Gasteiger partial charge is 0.248 e. The van der Waals surface area contributed by atoms with Crippen LogP contribution >= 0.6 is 11.3 Å². The average molecular weight is 579 g/mol. The summed E-state index contributed by atoms with van der Waals surface area (Å²) in [4.78, 5) is 21.7. The Morgan fingerprint density at radius 1 is 1.20 bits per heavy atom. The largest absolute Gasteiger partial charge is 0.471 e. The zero-order chi connectivity index (χ0) is 29.2. The number of carbonyl (C=O) groups is 1. The number of fused-ring (bicyclic) bond motifs is 1. The quantitative estimate of drug-likeness (QED) is 0.278. The summed E-state index contributed by atoms with van der Waals surface area (Å²) in [6.07, 6.45) is 6.90. The topological polar surface area (TPSA) is 117 Å². The molecule has 2 aromatic heterocycles. The molecule has 3 aromatic rings. The molecule has 1 spiro atoms. The first kappa shape index (κ1) is 29.6. The number of carbonyl (C=O) groups excluding carboxylic acids is 1. The highest BCUT2D eigenvalue weighted by molar-refractivity contribution is 7.13. The Kier molecular flexibility index (Phi) is 8.80. The molecule has 1 fully saturated rings. The van der Waals surface area contributed by atoms with E-state index in [-0.39, 0.29) is 23.6 Å². The van der Waals surface area contributed by atoms with Gasteiger partial charge < -0.3 is 25.6 Å². The van der Waals surface area contributed by atoms with Crippen LogP contribution in [0.1, 0.15) is 76.1 Å². The van der Waals surface area contributed by atoms with Crippen LogP contribution < -0.4 is 15.4 Å². The first-order valence-electron chi connectivity index (χ1n) is 14.6. The van der Waals surface area contributed by atoms with Crippen molar-refractivity contribution in [1.29, 1.82) is 0 Å². The van der Waals surface area contributed by atoms with Crippen LogP contribution in [0.3, 0.4) is 0 Å². The van der Waals surface area contributed by atoms with Crippen molar-refractivity contribution in [3.63, 3.8) is 0 Å². The Bertz CT molecular complexity index is 1330. The standard InChI is InChI=1S/C32H42N4O4S/c1-20(37)28(39)36-25(15-21-7-5-8-23(13-21)30-33-11-12-41-30)27(38)19-34-26-17-32(9-6-10-32)40-29-24(26)14-22(18-35-29)16-31(2,3)4/h5,7-8,11-14,18,20,25-27,34,37-38H,6,9-10,15-17,19H2,1-4H3,(H,36,39)/t20-,25+,26+,27-/m1/s1. The van der Waals surface area contributed by atoms with Crippen LogP contribution in [-0.2, 0) is 17.6 Å². The molecule has 4 atom stereocenters. The third-order valence-corrected chi connectivity index (χ3v) is 8.83. The molecule has 9 heteroatoms. The first-order chi connectivity index (χ1) is 19.5. The van der Waals surface area contributed by atoms with E-state index in [2.05, 4.69) is 42.5 Å². The molecule has 2 aliphatic rings. The molecule has 1 amide bonds. The van der Waals surface area contributed by atoms with E-state index in [0.717, 1.165) is 53.8 Å². The summed E-state index contributed by atoms with van der Waals surface area (Å²) < 4.78 is 6.42. The van der Waals surface area contributed by atoms with Gasteiger partial charge in [0.05, 0.1) is 12.1 Å². The lowest BCUT2D eigenvalue weighted by Crippen LogP contribution is -2.53. The highest BCUT2D eigenvalue weighted by atomic mass is 32.1. The van der Waals surface area contributed by atoms with Crippen LogP contribution in [0.25, 0.3) is 10.6 Å². The SMILES string of the molecule is C[C@@H](O)C(=O)N[C@@H](Cc1cccc(-c2nccs2)c1)[C@H](O)CN[C@H]1CC2(CCC2)Oc2ncc(CC(C)(C)C)cc21. The summed E-state index contributed by atoms with van der Waals surface area (Å²) in [5.41, 5.74) is 4.08. The number of aromatic nitrogens is 2. The van der Waals surface area contributed by atoms with Crippen molar-refractivity contribution in [2.45, 2.75) is 96.1 Å². The molecule has 4 N–H and O–H groups in total. The molecule has 220 valence electrons. The van der Waals surface area contributed by atoms with Gasteiger partial charge >= 0.3 is 0 Å². The highest BCUT2D eigenvalue weighted by Gasteiger charge is 2.46. The van der Waals surface area contributed by atoms with Crippen LogP contribution in [0.5, 0.6) is 5.88 Å². The summed E-state index contributed by atoms with van der Waals surface area (Å²) in [5.74, 6) is 0.171. The van der Waals surface area contributed by atoms with Gasteiger partial charge in [-0.25, -0.2) is 9.97 Å². The van der Waals surface area contributed by atoms with E-state index in [1.54, 1.807) is 17.5 Å². The minimum Gasteiger partial charge on any atom is -0.471 e. The maximum Gasteiger partial charge on any atom is 0.248 e. The zero-order valence-corrected chi connectivity index (χ0v) is 25.2. The average Bonchev–Trinajstić information content (AvgIpc) is 3.45. The van der Waals surface area contributed by atoms with Gasteiger partial charge in [0.15, 0.2) is 0 Å². The molecule has 3 heterocycles. The number of nitrogens with one attached hydrogen (secondary N) is 2. The van der Waals surface area contributed by atoms with Crippen molar-refractivity contribution in [3.05, 3.63) is 64.8 Å². The number of hydrogen-bond acceptors (Lipinski definition) is 8. The predicted octanol–water partition coefficient (Wildman–Crippen LogP) is 4.60. The van der Waals surface area contributed by atoms with Crippen molar-refractivity contribution in [1.82, 2.24) is 20.6 Å². The van der Waals surface area contributed by atoms with Crippen LogP contribution in [-0.4, -0.2) is 56.5 Å². The molecule has 1 aliphatic carbocycles. The fraction of sp³-hybridized carbons (Fsp3) is 0.531. The summed E-state index contributed by atoms with van der Waals surface area (Å²) in [6, 6.07) is 9.56. The molecule has 1 aromatic carbocycles. The van der Waals surface area contributed by atoms with Gasteiger partial charge in [-0.2, -0.15) is 0 Å². The summed E-state index contributed by atoms with van der Waals surface area (Å²) >= 11 is 1.56. The number of nitrogens with zero attached hydrogens (tertiary/aromatic N) is 2. The van der Waals surface area contributed by atoms with Crippen LogP contribution in [0, 0.1) is 5.41 Å². The third kappa shape index (κ3) is 7.33. The molecule has 1 aliphatic heterocycles. The van der Waals surface area contributed by atoms with Crippen LogP contribution in [0.15, 0.2) is 48.1 Å². The van der Waals surface area contributed by atoms with Gasteiger partial charge in [-0.15, -0.1) is 11.3 Å². The number of thiazole rings is 1. The monoisotopic (exact) mass is 578 g/mol. The van der Waals surface area contributed by atoms with Gasteiger partial charge in [-0.1, -0.05) is 39.0 Å². The normalized spacial score (nSPS) is 19.9. The lowest BCUT2D eigenvalue weighted by Gasteiger charge is -2.47. The maximum absolute atomic E-state index is 12.5. The van der Waals surface area contributed by atoms with Gasteiger partial charge in [-0.05, 0) is 67.7 Å². The second-order valence-corrected chi connectivity index (χ2v) is 13.8. The Hall–Kier alpha value is -2.85. The first-order valence-corrected chi connectivity index (χ1v) is 15.4. The van der Waals surface area contributed by atoms with E-state index in [1.807, 2.05) is 35.8 Å². The number of hydrogen-bond donors (Lipinski definition) is 4. The Morgan fingerprint density at radius 2 is 2.00 bits per heavy atom. The maximum atomic E-state index is 12.5. The predicted molar refractivity (Wildman–Crippen MR) is 161 cm³/mol. The van der Waals surface area contributed by atoms with E-state index in [4.69, 9.17) is 9.72 Å². The minimum absolute atomic E-state index is 0.0255. The number of rotatable bonds is 10. The molecule has 0 saturated heterocycles. The highest BCUT2D eigenvalue weighted by Crippen LogP contribution is 2.48. The van der Waals surface area contributed by atoms with Crippen molar-refractivity contribution in [2.75, 3.05) is 6.54 Å². The molecule has 0 bridgehead atoms. The summed E-state index contributed by atoms with van der Waals surface area (Å²) in [5, 5.41) is 30.6. The van der Waals surface area contributed by atoms with E-state index in [1.165, 1.54) is 12.5 Å². The fourth-order valence-corrected chi connectivity index (χ4v) is 6.43. The summed E-state index contributed by atoms with van der Waals surface area (Å²) in [6.45, 7) is 8.34. The van der Waals surface area contributed by atoms with Crippen molar-refractivity contribution in [3.8, 4) is 16.5 Å². The molecule has 0 radical (unpaired) electrons. The second kappa shape index (κ2) is 12.2. The Morgan fingerprint density at radius 3 is 2.66 bits per heavy atom. The van der Waals surface area contributed by atoms with Crippen LogP contribution in [0.2, 0.25) is 0 Å². The second-order valence-electron chi connectivity index (χ2n) is 12.9. The van der Waals surface area contributed by atoms with Gasteiger partial charge in [0, 0.05) is 47.9 Å². The van der Waals surface area contributed by atoms with Crippen molar-refractivity contribution < 1.29 is 19.7 Å². The number of benzene rings is 1. The number of aliphatic hydroxyl groups excluding tert-OH is 2. The molecular weight excluding hydrogens is 536 g/mol. The van der Waals surface area contributed by atoms with E-state index < -0.39 is 24.2 Å². The zero-order valence-electron chi connectivity index (χ0n) is 24.4. The number of pyridine rings is 1. The van der Waals surface area contributed by atoms with E-state index >= 15 is 0 Å². The number of amides is 1. The Balaban J connectivity index is 1.34. The summed E-state index contributed by atoms with van der Waals surface area (Å²) in [7, 11) is 0. The molecule has 1 saturated carbocycles. The van der Waals surface area contributed by atoms with E-state index in [9.17, 15) is 15.0 Å². The van der Waals surface area contributed by atoms with Crippen molar-refractivity contribution in [2.24, 2.45) is 5.41 Å². The Labute approximate surface area is 246 Å². The molecular formula is C32H42N4O4S. The van der Waals surface area contributed by atoms with Crippen LogP contribution in [0.4, 0.5) is 0 Å². The number of ether oxygens (including phenoxy) is 1. The lowest BCUT2D eigenvalue weighted by molar-refractivity contribution is -0.130. The molecule has 8 nitrogen and oxygen atoms in total.